The van der Waals surface area contributed by atoms with Crippen molar-refractivity contribution in [3.05, 3.63) is 48.3 Å². The number of hydrogen-bond acceptors (Lipinski definition) is 6. The molecule has 0 spiro atoms. The molecular weight excluding hydrogens is 322 g/mol. The van der Waals surface area contributed by atoms with Crippen molar-refractivity contribution in [2.75, 3.05) is 12.4 Å². The molecule has 23 heavy (non-hydrogen) atoms. The van der Waals surface area contributed by atoms with Crippen molar-refractivity contribution in [1.29, 1.82) is 0 Å². The number of rotatable bonds is 5. The summed E-state index contributed by atoms with van der Waals surface area (Å²) in [6, 6.07) is 8.06. The molecule has 0 saturated heterocycles. The second-order valence-corrected chi connectivity index (χ2v) is 5.53. The summed E-state index contributed by atoms with van der Waals surface area (Å²) in [6.45, 7) is 0. The van der Waals surface area contributed by atoms with E-state index < -0.39 is 6.43 Å². The number of alkyl halides is 2. The average Bonchev–Trinajstić information content (AvgIpc) is 3.03. The summed E-state index contributed by atoms with van der Waals surface area (Å²) < 4.78 is 30.7. The maximum absolute atomic E-state index is 12.9. The number of thiazole rings is 1. The van der Waals surface area contributed by atoms with Crippen LogP contribution >= 0.6 is 11.3 Å². The number of ether oxygens (including phenoxy) is 1. The van der Waals surface area contributed by atoms with E-state index in [4.69, 9.17) is 4.74 Å². The summed E-state index contributed by atoms with van der Waals surface area (Å²) in [5.74, 6) is 0.369. The maximum Gasteiger partial charge on any atom is 0.264 e. The first-order valence-electron chi connectivity index (χ1n) is 6.64. The Hall–Kier alpha value is -2.61. The van der Waals surface area contributed by atoms with E-state index in [1.54, 1.807) is 12.4 Å². The largest absolute Gasteiger partial charge is 0.481 e. The van der Waals surface area contributed by atoms with Crippen molar-refractivity contribution in [2.45, 2.75) is 6.43 Å². The fourth-order valence-corrected chi connectivity index (χ4v) is 2.69. The fourth-order valence-electron chi connectivity index (χ4n) is 1.89. The Morgan fingerprint density at radius 2 is 2.09 bits per heavy atom. The van der Waals surface area contributed by atoms with Crippen LogP contribution in [-0.4, -0.2) is 22.1 Å². The highest BCUT2D eigenvalue weighted by Gasteiger charge is 2.13. The van der Waals surface area contributed by atoms with E-state index in [0.717, 1.165) is 10.6 Å². The summed E-state index contributed by atoms with van der Waals surface area (Å²) in [4.78, 5) is 13.4. The molecule has 3 heterocycles. The molecule has 1 N–H and O–H groups in total. The molecule has 0 unspecified atom stereocenters. The Morgan fingerprint density at radius 3 is 2.78 bits per heavy atom. The Morgan fingerprint density at radius 1 is 1.22 bits per heavy atom. The van der Waals surface area contributed by atoms with E-state index in [1.165, 1.54) is 30.6 Å². The van der Waals surface area contributed by atoms with Crippen molar-refractivity contribution in [3.8, 4) is 16.5 Å². The van der Waals surface area contributed by atoms with Crippen LogP contribution < -0.4 is 10.1 Å². The molecule has 0 saturated carbocycles. The van der Waals surface area contributed by atoms with E-state index in [9.17, 15) is 8.78 Å². The highest BCUT2D eigenvalue weighted by molar-refractivity contribution is 7.18. The normalized spacial score (nSPS) is 10.8. The lowest BCUT2D eigenvalue weighted by Gasteiger charge is -2.07. The molecule has 3 aromatic rings. The standard InChI is InChI=1S/C15H12F2N4OS/c1-22-13-7-9(14(16)17)6-12(20-13)21-15-19-8-11(23-15)10-4-2-3-5-18-10/h2-8,14H,1H3,(H,19,20,21). The third-order valence-corrected chi connectivity index (χ3v) is 3.88. The first-order valence-corrected chi connectivity index (χ1v) is 7.46. The Kier molecular flexibility index (Phi) is 4.42. The van der Waals surface area contributed by atoms with Crippen molar-refractivity contribution in [1.82, 2.24) is 15.0 Å². The number of nitrogens with zero attached hydrogens (tertiary/aromatic N) is 3. The first-order chi connectivity index (χ1) is 11.2. The molecule has 3 aromatic heterocycles. The minimum atomic E-state index is -2.60. The van der Waals surface area contributed by atoms with Crippen LogP contribution in [0, 0.1) is 0 Å². The van der Waals surface area contributed by atoms with Crippen molar-refractivity contribution >= 4 is 22.3 Å². The van der Waals surface area contributed by atoms with Gasteiger partial charge in [0.25, 0.3) is 6.43 Å². The number of anilines is 2. The van der Waals surface area contributed by atoms with Gasteiger partial charge in [-0.25, -0.2) is 13.8 Å². The van der Waals surface area contributed by atoms with Crippen LogP contribution in [0.1, 0.15) is 12.0 Å². The van der Waals surface area contributed by atoms with Crippen molar-refractivity contribution in [2.24, 2.45) is 0 Å². The van der Waals surface area contributed by atoms with E-state index in [1.807, 2.05) is 18.2 Å². The topological polar surface area (TPSA) is 59.9 Å². The predicted octanol–water partition coefficient (Wildman–Crippen LogP) is 4.29. The van der Waals surface area contributed by atoms with Gasteiger partial charge in [-0.05, 0) is 18.2 Å². The number of aromatic nitrogens is 3. The highest BCUT2D eigenvalue weighted by Crippen LogP contribution is 2.31. The molecule has 0 aromatic carbocycles. The van der Waals surface area contributed by atoms with Gasteiger partial charge >= 0.3 is 0 Å². The molecule has 0 atom stereocenters. The van der Waals surface area contributed by atoms with E-state index in [2.05, 4.69) is 20.3 Å². The third-order valence-electron chi connectivity index (χ3n) is 2.94. The summed E-state index contributed by atoms with van der Waals surface area (Å²) in [6.07, 6.45) is 0.761. The summed E-state index contributed by atoms with van der Waals surface area (Å²) in [7, 11) is 1.38. The Bertz CT molecular complexity index is 795. The van der Waals surface area contributed by atoms with Crippen molar-refractivity contribution < 1.29 is 13.5 Å². The van der Waals surface area contributed by atoms with E-state index in [-0.39, 0.29) is 17.3 Å². The summed E-state index contributed by atoms with van der Waals surface area (Å²) >= 11 is 1.36. The second kappa shape index (κ2) is 6.66. The average molecular weight is 334 g/mol. The zero-order chi connectivity index (χ0) is 16.2. The fraction of sp³-hybridized carbons (Fsp3) is 0.133. The molecule has 0 fully saturated rings. The van der Waals surface area contributed by atoms with Crippen LogP contribution in [0.5, 0.6) is 5.88 Å². The highest BCUT2D eigenvalue weighted by atomic mass is 32.1. The molecule has 8 heteroatoms. The molecule has 3 rings (SSSR count). The van der Waals surface area contributed by atoms with Crippen LogP contribution in [0.2, 0.25) is 0 Å². The van der Waals surface area contributed by atoms with Crippen LogP contribution in [-0.2, 0) is 0 Å². The number of nitrogens with one attached hydrogen (secondary N) is 1. The lowest BCUT2D eigenvalue weighted by molar-refractivity contribution is 0.151. The SMILES string of the molecule is COc1cc(C(F)F)cc(Nc2ncc(-c3ccccn3)s2)n1. The lowest BCUT2D eigenvalue weighted by atomic mass is 10.2. The summed E-state index contributed by atoms with van der Waals surface area (Å²) in [5.41, 5.74) is 0.630. The number of methoxy groups -OCH3 is 1. The van der Waals surface area contributed by atoms with Gasteiger partial charge < -0.3 is 10.1 Å². The van der Waals surface area contributed by atoms with Crippen molar-refractivity contribution in [3.63, 3.8) is 0 Å². The smallest absolute Gasteiger partial charge is 0.264 e. The van der Waals surface area contributed by atoms with Gasteiger partial charge in [0, 0.05) is 24.0 Å². The van der Waals surface area contributed by atoms with Gasteiger partial charge in [0.15, 0.2) is 5.13 Å². The van der Waals surface area contributed by atoms with E-state index in [0.29, 0.717) is 5.13 Å². The molecule has 0 radical (unpaired) electrons. The van der Waals surface area contributed by atoms with Crippen LogP contribution in [0.3, 0.4) is 0 Å². The van der Waals surface area contributed by atoms with E-state index >= 15 is 0 Å². The summed E-state index contributed by atoms with van der Waals surface area (Å²) in [5, 5.41) is 3.45. The molecule has 5 nitrogen and oxygen atoms in total. The second-order valence-electron chi connectivity index (χ2n) is 4.50. The zero-order valence-electron chi connectivity index (χ0n) is 12.0. The lowest BCUT2D eigenvalue weighted by Crippen LogP contribution is -1.98. The minimum Gasteiger partial charge on any atom is -0.481 e. The van der Waals surface area contributed by atoms with Gasteiger partial charge in [-0.2, -0.15) is 4.98 Å². The first kappa shape index (κ1) is 15.3. The molecule has 0 aliphatic rings. The van der Waals surface area contributed by atoms with Gasteiger partial charge in [-0.15, -0.1) is 0 Å². The number of hydrogen-bond donors (Lipinski definition) is 1. The molecule has 0 aliphatic carbocycles. The van der Waals surface area contributed by atoms with Gasteiger partial charge in [-0.3, -0.25) is 4.98 Å². The minimum absolute atomic E-state index is 0.117. The Balaban J connectivity index is 1.85. The predicted molar refractivity (Wildman–Crippen MR) is 84.4 cm³/mol. The number of pyridine rings is 2. The maximum atomic E-state index is 12.9. The molecular formula is C15H12F2N4OS. The molecule has 0 bridgehead atoms. The van der Waals surface area contributed by atoms with Gasteiger partial charge in [-0.1, -0.05) is 17.4 Å². The van der Waals surface area contributed by atoms with Crippen LogP contribution in [0.4, 0.5) is 19.7 Å². The van der Waals surface area contributed by atoms with Crippen LogP contribution in [0.15, 0.2) is 42.7 Å². The third kappa shape index (κ3) is 3.59. The van der Waals surface area contributed by atoms with Crippen LogP contribution in [0.25, 0.3) is 10.6 Å². The van der Waals surface area contributed by atoms with Gasteiger partial charge in [0.05, 0.1) is 17.7 Å². The molecule has 0 aliphatic heterocycles. The quantitative estimate of drug-likeness (QED) is 0.754. The molecule has 0 amide bonds. The van der Waals surface area contributed by atoms with Gasteiger partial charge in [0.2, 0.25) is 5.88 Å². The molecule has 118 valence electrons. The Labute approximate surface area is 135 Å². The van der Waals surface area contributed by atoms with Gasteiger partial charge in [0.1, 0.15) is 5.82 Å². The zero-order valence-corrected chi connectivity index (χ0v) is 12.8. The monoisotopic (exact) mass is 334 g/mol. The number of halogens is 2.